The van der Waals surface area contributed by atoms with E-state index in [0.29, 0.717) is 31.7 Å². The number of hydrogen-bond acceptors (Lipinski definition) is 6. The molecule has 0 aromatic carbocycles. The van der Waals surface area contributed by atoms with E-state index in [1.54, 1.807) is 11.1 Å². The van der Waals surface area contributed by atoms with E-state index in [-0.39, 0.29) is 18.2 Å². The van der Waals surface area contributed by atoms with Gasteiger partial charge in [0.25, 0.3) is 0 Å². The minimum atomic E-state index is -0.537. The maximum absolute atomic E-state index is 13.0. The van der Waals surface area contributed by atoms with Crippen LogP contribution in [0.1, 0.15) is 56.2 Å². The minimum absolute atomic E-state index is 0.231. The van der Waals surface area contributed by atoms with E-state index >= 15 is 0 Å². The van der Waals surface area contributed by atoms with Gasteiger partial charge in [0, 0.05) is 62.9 Å². The van der Waals surface area contributed by atoms with Gasteiger partial charge in [0.1, 0.15) is 11.4 Å². The zero-order valence-corrected chi connectivity index (χ0v) is 22.9. The fourth-order valence-electron chi connectivity index (χ4n) is 4.60. The van der Waals surface area contributed by atoms with Crippen molar-refractivity contribution in [3.05, 3.63) is 54.1 Å². The van der Waals surface area contributed by atoms with Crippen LogP contribution in [0.3, 0.4) is 0 Å². The minimum Gasteiger partial charge on any atom is -0.459 e. The number of hydrogen-bond donors (Lipinski definition) is 0. The van der Waals surface area contributed by atoms with E-state index < -0.39 is 5.60 Å². The normalized spacial score (nSPS) is 14.4. The van der Waals surface area contributed by atoms with E-state index in [9.17, 15) is 9.59 Å². The Balaban J connectivity index is 1.70. The topological polar surface area (TPSA) is 81.3 Å². The molecule has 0 bridgehead atoms. The van der Waals surface area contributed by atoms with Gasteiger partial charge in [0.05, 0.1) is 23.1 Å². The van der Waals surface area contributed by atoms with Crippen molar-refractivity contribution in [3.63, 3.8) is 0 Å². The summed E-state index contributed by atoms with van der Waals surface area (Å²) in [7, 11) is 1.95. The van der Waals surface area contributed by atoms with E-state index in [2.05, 4.69) is 20.9 Å². The van der Waals surface area contributed by atoms with Crippen LogP contribution in [0.15, 0.2) is 37.3 Å². The zero-order chi connectivity index (χ0) is 27.1. The molecule has 3 aromatic rings. The molecule has 3 aromatic heterocycles. The Morgan fingerprint density at radius 3 is 2.30 bits per heavy atom. The van der Waals surface area contributed by atoms with Crippen molar-refractivity contribution in [3.8, 4) is 11.4 Å². The average Bonchev–Trinajstić information content (AvgIpc) is 3.42. The van der Waals surface area contributed by atoms with Gasteiger partial charge in [-0.2, -0.15) is 0 Å². The first-order chi connectivity index (χ1) is 17.4. The van der Waals surface area contributed by atoms with E-state index in [1.807, 2.05) is 77.7 Å². The molecule has 0 radical (unpaired) electrons. The van der Waals surface area contributed by atoms with Crippen molar-refractivity contribution < 1.29 is 19.1 Å². The molecule has 1 fully saturated rings. The molecule has 1 saturated heterocycles. The number of pyridine rings is 1. The molecule has 0 unspecified atom stereocenters. The van der Waals surface area contributed by atoms with Crippen LogP contribution in [0.4, 0.5) is 4.79 Å². The molecule has 0 spiro atoms. The summed E-state index contributed by atoms with van der Waals surface area (Å²) < 4.78 is 15.1. The highest BCUT2D eigenvalue weighted by molar-refractivity contribution is 5.94. The largest absolute Gasteiger partial charge is 0.459 e. The molecule has 1 aliphatic rings. The summed E-state index contributed by atoms with van der Waals surface area (Å²) in [6, 6.07) is 3.88. The van der Waals surface area contributed by atoms with Crippen molar-refractivity contribution in [2.75, 3.05) is 26.2 Å². The number of imidazole rings is 1. The van der Waals surface area contributed by atoms with Crippen LogP contribution in [0, 0.1) is 6.92 Å². The molecular formula is C28H37N5O4. The second kappa shape index (κ2) is 9.95. The molecule has 0 N–H and O–H groups in total. The highest BCUT2D eigenvalue weighted by Gasteiger charge is 2.28. The molecule has 0 saturated carbocycles. The van der Waals surface area contributed by atoms with Crippen LogP contribution in [0.25, 0.3) is 22.6 Å². The first kappa shape index (κ1) is 26.3. The van der Waals surface area contributed by atoms with Crippen LogP contribution in [-0.4, -0.2) is 73.7 Å². The summed E-state index contributed by atoms with van der Waals surface area (Å²) in [6.07, 6.45) is 5.15. The fourth-order valence-corrected chi connectivity index (χ4v) is 4.60. The van der Waals surface area contributed by atoms with Gasteiger partial charge in [-0.3, -0.25) is 0 Å². The third kappa shape index (κ3) is 5.50. The molecule has 0 atom stereocenters. The van der Waals surface area contributed by atoms with E-state index in [0.717, 1.165) is 33.9 Å². The molecule has 1 amide bonds. The van der Waals surface area contributed by atoms with Crippen molar-refractivity contribution >= 4 is 23.3 Å². The SMILES string of the molecule is C=C(c1c(C)c(C(=O)OC(C)C)cc2cc(-c3nccn3C)cn12)N1CCN(C(=O)OC(C)(C)C)CC1. The van der Waals surface area contributed by atoms with E-state index in [1.165, 1.54) is 0 Å². The van der Waals surface area contributed by atoms with Gasteiger partial charge in [-0.25, -0.2) is 14.6 Å². The molecule has 198 valence electrons. The summed E-state index contributed by atoms with van der Waals surface area (Å²) in [5.41, 5.74) is 4.17. The third-order valence-corrected chi connectivity index (χ3v) is 6.37. The molecule has 9 nitrogen and oxygen atoms in total. The molecule has 0 aliphatic carbocycles. The number of piperazine rings is 1. The maximum atomic E-state index is 13.0. The second-order valence-electron chi connectivity index (χ2n) is 10.8. The average molecular weight is 508 g/mol. The lowest BCUT2D eigenvalue weighted by Gasteiger charge is -2.38. The molecule has 37 heavy (non-hydrogen) atoms. The highest BCUT2D eigenvalue weighted by atomic mass is 16.6. The lowest BCUT2D eigenvalue weighted by molar-refractivity contribution is 0.0181. The number of fused-ring (bicyclic) bond motifs is 1. The first-order valence-corrected chi connectivity index (χ1v) is 12.6. The maximum Gasteiger partial charge on any atom is 0.410 e. The van der Waals surface area contributed by atoms with Crippen LogP contribution in [0.2, 0.25) is 0 Å². The van der Waals surface area contributed by atoms with Crippen LogP contribution in [0.5, 0.6) is 0 Å². The lowest BCUT2D eigenvalue weighted by Crippen LogP contribution is -2.49. The van der Waals surface area contributed by atoms with Crippen molar-refractivity contribution in [2.24, 2.45) is 7.05 Å². The van der Waals surface area contributed by atoms with Gasteiger partial charge < -0.3 is 28.2 Å². The number of amides is 1. The monoisotopic (exact) mass is 507 g/mol. The Morgan fingerprint density at radius 1 is 1.08 bits per heavy atom. The number of aromatic nitrogens is 3. The van der Waals surface area contributed by atoms with Gasteiger partial charge in [-0.1, -0.05) is 6.58 Å². The fraction of sp³-hybridized carbons (Fsp3) is 0.464. The summed E-state index contributed by atoms with van der Waals surface area (Å²) in [6.45, 7) is 17.9. The summed E-state index contributed by atoms with van der Waals surface area (Å²) >= 11 is 0. The Kier molecular flexibility index (Phi) is 7.08. The van der Waals surface area contributed by atoms with Crippen LogP contribution >= 0.6 is 0 Å². The number of carbonyl (C=O) groups is 2. The predicted octanol–water partition coefficient (Wildman–Crippen LogP) is 4.74. The van der Waals surface area contributed by atoms with Gasteiger partial charge >= 0.3 is 12.1 Å². The predicted molar refractivity (Wildman–Crippen MR) is 143 cm³/mol. The first-order valence-electron chi connectivity index (χ1n) is 12.6. The lowest BCUT2D eigenvalue weighted by atomic mass is 10.0. The van der Waals surface area contributed by atoms with Gasteiger partial charge in [-0.15, -0.1) is 0 Å². The Labute approximate surface area is 218 Å². The van der Waals surface area contributed by atoms with Gasteiger partial charge in [0.2, 0.25) is 0 Å². The molecule has 9 heteroatoms. The molecular weight excluding hydrogens is 470 g/mol. The number of carbonyl (C=O) groups excluding carboxylic acids is 2. The number of aryl methyl sites for hydroxylation is 1. The van der Waals surface area contributed by atoms with Crippen LogP contribution < -0.4 is 0 Å². The van der Waals surface area contributed by atoms with Crippen molar-refractivity contribution in [2.45, 2.75) is 53.2 Å². The van der Waals surface area contributed by atoms with Gasteiger partial charge in [-0.05, 0) is 59.2 Å². The Bertz CT molecular complexity index is 1340. The summed E-state index contributed by atoms with van der Waals surface area (Å²) in [4.78, 5) is 34.0. The highest BCUT2D eigenvalue weighted by Crippen LogP contribution is 2.31. The smallest absolute Gasteiger partial charge is 0.410 e. The summed E-state index contributed by atoms with van der Waals surface area (Å²) in [5.74, 6) is 0.466. The van der Waals surface area contributed by atoms with Crippen molar-refractivity contribution in [1.29, 1.82) is 0 Å². The summed E-state index contributed by atoms with van der Waals surface area (Å²) in [5, 5.41) is 0. The number of esters is 1. The molecule has 1 aliphatic heterocycles. The number of rotatable bonds is 5. The standard InChI is InChI=1S/C28H37N5O4/c1-18(2)36-26(34)23-16-22-15-21(25-29-9-10-30(25)8)17-33(22)24(19(23)3)20(4)31-11-13-32(14-12-31)27(35)37-28(5,6)7/h9-10,15-18H,4,11-14H2,1-3,5-8H3. The third-order valence-electron chi connectivity index (χ3n) is 6.37. The van der Waals surface area contributed by atoms with E-state index in [4.69, 9.17) is 9.47 Å². The number of ether oxygens (including phenoxy) is 2. The second-order valence-corrected chi connectivity index (χ2v) is 10.8. The zero-order valence-electron chi connectivity index (χ0n) is 22.9. The quantitative estimate of drug-likeness (QED) is 0.464. The van der Waals surface area contributed by atoms with Crippen molar-refractivity contribution in [1.82, 2.24) is 23.8 Å². The Morgan fingerprint density at radius 2 is 1.73 bits per heavy atom. The Hall–Kier alpha value is -3.75. The van der Waals surface area contributed by atoms with Crippen LogP contribution in [-0.2, 0) is 16.5 Å². The molecule has 4 heterocycles. The molecule has 4 rings (SSSR count). The van der Waals surface area contributed by atoms with Gasteiger partial charge in [0.15, 0.2) is 0 Å². The number of nitrogens with zero attached hydrogens (tertiary/aromatic N) is 5.